The van der Waals surface area contributed by atoms with Crippen LogP contribution in [-0.4, -0.2) is 49.8 Å². The Morgan fingerprint density at radius 1 is 1.17 bits per heavy atom. The van der Waals surface area contributed by atoms with Crippen molar-refractivity contribution in [2.75, 3.05) is 34.0 Å². The van der Waals surface area contributed by atoms with Crippen LogP contribution in [0.4, 0.5) is 8.78 Å². The van der Waals surface area contributed by atoms with Gasteiger partial charge in [0.25, 0.3) is 0 Å². The summed E-state index contributed by atoms with van der Waals surface area (Å²) in [5, 5.41) is 0.862. The van der Waals surface area contributed by atoms with Crippen molar-refractivity contribution in [3.63, 3.8) is 0 Å². The van der Waals surface area contributed by atoms with Crippen molar-refractivity contribution < 1.29 is 32.5 Å². The minimum atomic E-state index is -0.993. The number of aromatic nitrogens is 1. The zero-order valence-corrected chi connectivity index (χ0v) is 20.1. The van der Waals surface area contributed by atoms with Gasteiger partial charge >= 0.3 is 5.97 Å². The highest BCUT2D eigenvalue weighted by molar-refractivity contribution is 5.91. The van der Waals surface area contributed by atoms with Gasteiger partial charge in [0.05, 0.1) is 32.1 Å². The van der Waals surface area contributed by atoms with Gasteiger partial charge in [0.1, 0.15) is 19.0 Å². The van der Waals surface area contributed by atoms with E-state index in [1.165, 1.54) is 13.0 Å². The number of fused-ring (bicyclic) bond motifs is 3. The molecule has 0 saturated carbocycles. The van der Waals surface area contributed by atoms with E-state index in [9.17, 15) is 13.6 Å². The number of likely N-dealkylation sites (N-methyl/N-ethyl adjacent to an activating group) is 1. The van der Waals surface area contributed by atoms with E-state index >= 15 is 0 Å². The number of hydrogen-bond acceptors (Lipinski definition) is 7. The van der Waals surface area contributed by atoms with Gasteiger partial charge in [-0.1, -0.05) is 12.1 Å². The van der Waals surface area contributed by atoms with Crippen LogP contribution in [0.15, 0.2) is 36.4 Å². The number of rotatable bonds is 8. The van der Waals surface area contributed by atoms with E-state index in [0.717, 1.165) is 22.9 Å². The van der Waals surface area contributed by atoms with Crippen LogP contribution in [0.25, 0.3) is 10.8 Å². The highest BCUT2D eigenvalue weighted by Gasteiger charge is 2.32. The van der Waals surface area contributed by atoms with Gasteiger partial charge < -0.3 is 18.9 Å². The molecule has 7 nitrogen and oxygen atoms in total. The largest absolute Gasteiger partial charge is 0.497 e. The normalized spacial score (nSPS) is 16.1. The lowest BCUT2D eigenvalue weighted by Gasteiger charge is -2.37. The molecule has 3 aromatic rings. The number of esters is 1. The second-order valence-corrected chi connectivity index (χ2v) is 8.42. The van der Waals surface area contributed by atoms with Gasteiger partial charge in [-0.3, -0.25) is 9.69 Å². The molecule has 35 heavy (non-hydrogen) atoms. The maximum absolute atomic E-state index is 14.4. The molecule has 0 spiro atoms. The van der Waals surface area contributed by atoms with E-state index in [0.29, 0.717) is 23.1 Å². The molecule has 2 aromatic carbocycles. The van der Waals surface area contributed by atoms with E-state index in [2.05, 4.69) is 16.8 Å². The van der Waals surface area contributed by atoms with Gasteiger partial charge in [0, 0.05) is 23.9 Å². The summed E-state index contributed by atoms with van der Waals surface area (Å²) in [6.45, 7) is 3.99. The Bertz CT molecular complexity index is 1220. The Morgan fingerprint density at radius 3 is 2.51 bits per heavy atom. The van der Waals surface area contributed by atoms with Crippen molar-refractivity contribution in [1.82, 2.24) is 9.88 Å². The smallest absolute Gasteiger partial charge is 0.302 e. The summed E-state index contributed by atoms with van der Waals surface area (Å²) in [7, 11) is 3.59. The third kappa shape index (κ3) is 5.21. The Hall–Kier alpha value is -3.30. The number of hydrogen-bond donors (Lipinski definition) is 0. The molecule has 9 heteroatoms. The molecule has 1 aliphatic rings. The first-order valence-electron chi connectivity index (χ1n) is 11.3. The first-order chi connectivity index (χ1) is 16.8. The monoisotopic (exact) mass is 486 g/mol. The quantitative estimate of drug-likeness (QED) is 0.337. The first-order valence-corrected chi connectivity index (χ1v) is 11.3. The highest BCUT2D eigenvalue weighted by Crippen LogP contribution is 2.40. The predicted octanol–water partition coefficient (Wildman–Crippen LogP) is 4.73. The summed E-state index contributed by atoms with van der Waals surface area (Å²) in [4.78, 5) is 17.7. The van der Waals surface area contributed by atoms with Crippen molar-refractivity contribution in [2.24, 2.45) is 0 Å². The second-order valence-electron chi connectivity index (χ2n) is 8.42. The molecule has 0 fully saturated rings. The summed E-state index contributed by atoms with van der Waals surface area (Å²) >= 11 is 0. The fraction of sp³-hybridized carbons (Fsp3) is 0.385. The molecule has 2 heterocycles. The van der Waals surface area contributed by atoms with Gasteiger partial charge in [-0.25, -0.2) is 13.8 Å². The molecule has 4 rings (SSSR count). The van der Waals surface area contributed by atoms with Crippen LogP contribution < -0.4 is 9.47 Å². The highest BCUT2D eigenvalue weighted by atomic mass is 19.2. The number of benzene rings is 2. The lowest BCUT2D eigenvalue weighted by atomic mass is 9.93. The second kappa shape index (κ2) is 10.5. The number of methoxy groups -OCH3 is 1. The van der Waals surface area contributed by atoms with Crippen LogP contribution in [0.5, 0.6) is 11.6 Å². The topological polar surface area (TPSA) is 70.1 Å². The molecule has 0 bridgehead atoms. The van der Waals surface area contributed by atoms with Crippen molar-refractivity contribution in [1.29, 1.82) is 0 Å². The Morgan fingerprint density at radius 2 is 1.86 bits per heavy atom. The van der Waals surface area contributed by atoms with Crippen molar-refractivity contribution in [3.8, 4) is 11.6 Å². The van der Waals surface area contributed by atoms with E-state index in [1.807, 2.05) is 31.3 Å². The number of nitrogens with zero attached hydrogens (tertiary/aromatic N) is 2. The Labute approximate surface area is 202 Å². The molecule has 0 amide bonds. The Balaban J connectivity index is 1.72. The molecule has 186 valence electrons. The predicted molar refractivity (Wildman–Crippen MR) is 125 cm³/mol. The van der Waals surface area contributed by atoms with Crippen LogP contribution in [-0.2, 0) is 20.9 Å². The minimum absolute atomic E-state index is 0.0135. The number of halogens is 2. The molecule has 0 unspecified atom stereocenters. The van der Waals surface area contributed by atoms with Gasteiger partial charge in [0.15, 0.2) is 11.6 Å². The lowest BCUT2D eigenvalue weighted by molar-refractivity contribution is -0.141. The molecule has 1 aliphatic heterocycles. The third-order valence-corrected chi connectivity index (χ3v) is 6.30. The van der Waals surface area contributed by atoms with Gasteiger partial charge in [0.2, 0.25) is 5.88 Å². The van der Waals surface area contributed by atoms with Crippen LogP contribution in [0.2, 0.25) is 0 Å². The van der Waals surface area contributed by atoms with Crippen LogP contribution in [0.3, 0.4) is 0 Å². The third-order valence-electron chi connectivity index (χ3n) is 6.30. The summed E-state index contributed by atoms with van der Waals surface area (Å²) in [5.74, 6) is -1.47. The molecule has 2 atom stereocenters. The zero-order chi connectivity index (χ0) is 25.1. The standard InChI is InChI=1S/C26H28F2N2O5/c1-15(17-5-7-18(32-4)8-6-17)30(3)24-14-33-13-23-25(24)19-11-21(27)22(28)12-20(19)26(29-23)35-10-9-34-16(2)31/h5-8,11-12,15,24H,9-10,13-14H2,1-4H3/t15-,24-/m1/s1. The van der Waals surface area contributed by atoms with Gasteiger partial charge in [-0.15, -0.1) is 0 Å². The molecule has 0 N–H and O–H groups in total. The molecule has 0 saturated heterocycles. The maximum atomic E-state index is 14.4. The zero-order valence-electron chi connectivity index (χ0n) is 20.1. The van der Waals surface area contributed by atoms with Gasteiger partial charge in [-0.2, -0.15) is 0 Å². The van der Waals surface area contributed by atoms with Crippen LogP contribution >= 0.6 is 0 Å². The number of pyridine rings is 1. The average molecular weight is 487 g/mol. The number of carbonyl (C=O) groups excluding carboxylic acids is 1. The minimum Gasteiger partial charge on any atom is -0.497 e. The van der Waals surface area contributed by atoms with Crippen molar-refractivity contribution >= 4 is 16.7 Å². The Kier molecular flexibility index (Phi) is 7.47. The fourth-order valence-corrected chi connectivity index (χ4v) is 4.32. The lowest BCUT2D eigenvalue weighted by Crippen LogP contribution is -2.34. The number of ether oxygens (including phenoxy) is 4. The summed E-state index contributed by atoms with van der Waals surface area (Å²) in [5.41, 5.74) is 2.44. The summed E-state index contributed by atoms with van der Waals surface area (Å²) in [6.07, 6.45) is 0. The molecule has 0 aliphatic carbocycles. The molecule has 1 aromatic heterocycles. The molecular formula is C26H28F2N2O5. The van der Waals surface area contributed by atoms with E-state index in [-0.39, 0.29) is 37.8 Å². The van der Waals surface area contributed by atoms with E-state index < -0.39 is 17.6 Å². The fourth-order valence-electron chi connectivity index (χ4n) is 4.32. The maximum Gasteiger partial charge on any atom is 0.302 e. The summed E-state index contributed by atoms with van der Waals surface area (Å²) in [6, 6.07) is 9.81. The van der Waals surface area contributed by atoms with Crippen molar-refractivity contribution in [3.05, 3.63) is 64.9 Å². The van der Waals surface area contributed by atoms with Gasteiger partial charge in [-0.05, 0) is 49.2 Å². The van der Waals surface area contributed by atoms with Crippen LogP contribution in [0.1, 0.15) is 42.8 Å². The molecule has 0 radical (unpaired) electrons. The van der Waals surface area contributed by atoms with E-state index in [4.69, 9.17) is 18.9 Å². The van der Waals surface area contributed by atoms with Crippen LogP contribution in [0, 0.1) is 11.6 Å². The number of carbonyl (C=O) groups is 1. The van der Waals surface area contributed by atoms with E-state index in [1.54, 1.807) is 7.11 Å². The van der Waals surface area contributed by atoms with Crippen molar-refractivity contribution in [2.45, 2.75) is 32.5 Å². The first kappa shape index (κ1) is 24.8. The molecular weight excluding hydrogens is 458 g/mol. The SMILES string of the molecule is COc1ccc([C@@H](C)N(C)[C@@H]2COCc3nc(OCCOC(C)=O)c4cc(F)c(F)cc4c32)cc1. The average Bonchev–Trinajstić information content (AvgIpc) is 2.86. The summed E-state index contributed by atoms with van der Waals surface area (Å²) < 4.78 is 50.4.